The van der Waals surface area contributed by atoms with Gasteiger partial charge >= 0.3 is 0 Å². The number of benzene rings is 1. The van der Waals surface area contributed by atoms with Crippen LogP contribution in [0, 0.1) is 0 Å². The normalized spacial score (nSPS) is 11.4. The first-order valence-electron chi connectivity index (χ1n) is 9.11. The number of nitrogens with one attached hydrogen (secondary N) is 2. The van der Waals surface area contributed by atoms with Crippen molar-refractivity contribution in [2.75, 3.05) is 20.1 Å². The molecule has 146 valence electrons. The fourth-order valence-corrected chi connectivity index (χ4v) is 2.97. The third-order valence-corrected chi connectivity index (χ3v) is 4.34. The van der Waals surface area contributed by atoms with Gasteiger partial charge in [-0.3, -0.25) is 4.79 Å². The number of carbonyl (C=O) groups is 1. The number of aryl methyl sites for hydroxylation is 1. The molecule has 27 heavy (non-hydrogen) atoms. The molecule has 1 aromatic carbocycles. The molecule has 0 aliphatic carbocycles. The molecule has 1 heterocycles. The van der Waals surface area contributed by atoms with E-state index in [2.05, 4.69) is 15.5 Å². The van der Waals surface area contributed by atoms with Crippen molar-refractivity contribution in [1.82, 2.24) is 20.1 Å². The summed E-state index contributed by atoms with van der Waals surface area (Å²) in [4.78, 5) is 18.6. The first kappa shape index (κ1) is 20.8. The van der Waals surface area contributed by atoms with Gasteiger partial charge in [-0.05, 0) is 37.6 Å². The monoisotopic (exact) mass is 389 g/mol. The first-order valence-corrected chi connectivity index (χ1v) is 9.49. The fraction of sp³-hybridized carbons (Fsp3) is 0.400. The number of nitrogens with zero attached hydrogens (tertiary/aromatic N) is 3. The highest BCUT2D eigenvalue weighted by Crippen LogP contribution is 2.14. The van der Waals surface area contributed by atoms with E-state index in [-0.39, 0.29) is 5.91 Å². The first-order chi connectivity index (χ1) is 12.9. The molecule has 7 heteroatoms. The summed E-state index contributed by atoms with van der Waals surface area (Å²) in [5.41, 5.74) is 2.82. The number of hydrogen-bond donors (Lipinski definition) is 2. The third kappa shape index (κ3) is 6.03. The van der Waals surface area contributed by atoms with Crippen LogP contribution in [0.3, 0.4) is 0 Å². The fourth-order valence-electron chi connectivity index (χ4n) is 2.70. The number of aromatic nitrogens is 1. The Balaban J connectivity index is 2.05. The van der Waals surface area contributed by atoms with Crippen LogP contribution in [0.1, 0.15) is 35.5 Å². The number of halogens is 1. The van der Waals surface area contributed by atoms with Gasteiger partial charge in [-0.25, -0.2) is 4.99 Å². The molecule has 1 aromatic heterocycles. The molecule has 0 aliphatic heterocycles. The van der Waals surface area contributed by atoms with Crippen molar-refractivity contribution >= 4 is 23.5 Å². The predicted octanol–water partition coefficient (Wildman–Crippen LogP) is 3.03. The third-order valence-electron chi connectivity index (χ3n) is 4.14. The number of rotatable bonds is 7. The van der Waals surface area contributed by atoms with E-state index in [1.54, 1.807) is 0 Å². The van der Waals surface area contributed by atoms with Crippen LogP contribution in [0.2, 0.25) is 5.02 Å². The topological polar surface area (TPSA) is 61.7 Å². The molecular weight excluding hydrogens is 362 g/mol. The maximum atomic E-state index is 11.8. The van der Waals surface area contributed by atoms with Gasteiger partial charge in [-0.2, -0.15) is 0 Å². The molecule has 2 aromatic rings. The lowest BCUT2D eigenvalue weighted by Crippen LogP contribution is -2.38. The second kappa shape index (κ2) is 10.0. The summed E-state index contributed by atoms with van der Waals surface area (Å²) in [6.07, 6.45) is 1.89. The van der Waals surface area contributed by atoms with Crippen LogP contribution in [-0.4, -0.2) is 41.5 Å². The number of carbonyl (C=O) groups excluding carboxylic acids is 1. The van der Waals surface area contributed by atoms with Gasteiger partial charge in [0.25, 0.3) is 5.91 Å². The summed E-state index contributed by atoms with van der Waals surface area (Å²) >= 11 is 6.07. The Morgan fingerprint density at radius 2 is 1.85 bits per heavy atom. The highest BCUT2D eigenvalue weighted by atomic mass is 35.5. The molecule has 0 spiro atoms. The Kier molecular flexibility index (Phi) is 7.73. The van der Waals surface area contributed by atoms with Crippen molar-refractivity contribution in [3.8, 4) is 0 Å². The number of aliphatic imine (C=N–C) groups is 1. The highest BCUT2D eigenvalue weighted by Gasteiger charge is 2.10. The predicted molar refractivity (Wildman–Crippen MR) is 111 cm³/mol. The van der Waals surface area contributed by atoms with E-state index in [4.69, 9.17) is 16.6 Å². The van der Waals surface area contributed by atoms with Crippen molar-refractivity contribution in [2.45, 2.75) is 26.9 Å². The summed E-state index contributed by atoms with van der Waals surface area (Å²) < 4.78 is 2.02. The second-order valence-corrected chi connectivity index (χ2v) is 6.78. The maximum Gasteiger partial charge on any atom is 0.251 e. The smallest absolute Gasteiger partial charge is 0.251 e. The zero-order valence-corrected chi connectivity index (χ0v) is 17.2. The summed E-state index contributed by atoms with van der Waals surface area (Å²) in [7, 11) is 3.98. The van der Waals surface area contributed by atoms with E-state index in [1.165, 1.54) is 0 Å². The molecular formula is C20H28ClN5O. The summed E-state index contributed by atoms with van der Waals surface area (Å²) in [6.45, 7) is 6.59. The number of hydrogen-bond acceptors (Lipinski definition) is 2. The molecule has 0 unspecified atom stereocenters. The number of amides is 1. The Hall–Kier alpha value is -2.47. The molecule has 0 bridgehead atoms. The molecule has 2 N–H and O–H groups in total. The van der Waals surface area contributed by atoms with Gasteiger partial charge in [0.2, 0.25) is 0 Å². The summed E-state index contributed by atoms with van der Waals surface area (Å²) in [5.74, 6) is 0.768. The van der Waals surface area contributed by atoms with Gasteiger partial charge in [0.15, 0.2) is 5.96 Å². The molecule has 0 saturated heterocycles. The lowest BCUT2D eigenvalue weighted by atomic mass is 10.1. The average Bonchev–Trinajstić information content (AvgIpc) is 2.96. The largest absolute Gasteiger partial charge is 0.357 e. The lowest BCUT2D eigenvalue weighted by Gasteiger charge is -2.22. The molecule has 0 atom stereocenters. The van der Waals surface area contributed by atoms with Gasteiger partial charge in [0.1, 0.15) is 0 Å². The van der Waals surface area contributed by atoms with Crippen LogP contribution in [0.15, 0.2) is 41.5 Å². The van der Waals surface area contributed by atoms with Gasteiger partial charge in [0, 0.05) is 44.6 Å². The van der Waals surface area contributed by atoms with Crippen LogP contribution in [-0.2, 0) is 20.1 Å². The van der Waals surface area contributed by atoms with Crippen LogP contribution < -0.4 is 10.6 Å². The zero-order chi connectivity index (χ0) is 19.8. The van der Waals surface area contributed by atoms with E-state index >= 15 is 0 Å². The maximum absolute atomic E-state index is 11.8. The summed E-state index contributed by atoms with van der Waals surface area (Å²) in [5, 5.41) is 6.84. The van der Waals surface area contributed by atoms with E-state index in [9.17, 15) is 4.79 Å². The lowest BCUT2D eigenvalue weighted by molar-refractivity contribution is 0.0956. The van der Waals surface area contributed by atoms with Crippen LogP contribution in [0.25, 0.3) is 0 Å². The Morgan fingerprint density at radius 1 is 1.19 bits per heavy atom. The Labute approximate surface area is 166 Å². The zero-order valence-electron chi connectivity index (χ0n) is 16.4. The molecule has 6 nitrogen and oxygen atoms in total. The Bertz CT molecular complexity index is 782. The molecule has 2 rings (SSSR count). The average molecular weight is 390 g/mol. The van der Waals surface area contributed by atoms with E-state index in [1.807, 2.05) is 69.0 Å². The standard InChI is InChI=1S/C20H28ClN5O/c1-5-22-19(27)16-9-7-15(8-10-16)12-24-20(23-6-2)26(4)14-18-11-17(21)13-25(18)3/h7-11,13H,5-6,12,14H2,1-4H3,(H,22,27)(H,23,24). The minimum atomic E-state index is -0.0538. The minimum Gasteiger partial charge on any atom is -0.357 e. The SMILES string of the molecule is CCNC(=O)c1ccc(CN=C(NCC)N(C)Cc2cc(Cl)cn2C)cc1. The van der Waals surface area contributed by atoms with Gasteiger partial charge in [-0.1, -0.05) is 23.7 Å². The molecule has 0 fully saturated rings. The van der Waals surface area contributed by atoms with Gasteiger partial charge in [-0.15, -0.1) is 0 Å². The highest BCUT2D eigenvalue weighted by molar-refractivity contribution is 6.30. The van der Waals surface area contributed by atoms with E-state index < -0.39 is 0 Å². The minimum absolute atomic E-state index is 0.0538. The second-order valence-electron chi connectivity index (χ2n) is 6.34. The van der Waals surface area contributed by atoms with Crippen LogP contribution >= 0.6 is 11.6 Å². The molecule has 0 saturated carbocycles. The van der Waals surface area contributed by atoms with Gasteiger partial charge in [0.05, 0.1) is 18.1 Å². The Morgan fingerprint density at radius 3 is 2.41 bits per heavy atom. The molecule has 1 amide bonds. The van der Waals surface area contributed by atoms with Crippen molar-refractivity contribution in [3.63, 3.8) is 0 Å². The van der Waals surface area contributed by atoms with Crippen molar-refractivity contribution < 1.29 is 4.79 Å². The molecule has 0 radical (unpaired) electrons. The van der Waals surface area contributed by atoms with Crippen molar-refractivity contribution in [3.05, 3.63) is 58.4 Å². The molecule has 0 aliphatic rings. The van der Waals surface area contributed by atoms with Gasteiger partial charge < -0.3 is 20.1 Å². The van der Waals surface area contributed by atoms with Crippen molar-refractivity contribution in [2.24, 2.45) is 12.0 Å². The quantitative estimate of drug-likeness (QED) is 0.565. The number of guanidine groups is 1. The van der Waals surface area contributed by atoms with Crippen molar-refractivity contribution in [1.29, 1.82) is 0 Å². The van der Waals surface area contributed by atoms with Crippen LogP contribution in [0.5, 0.6) is 0 Å². The van der Waals surface area contributed by atoms with E-state index in [0.717, 1.165) is 28.8 Å². The van der Waals surface area contributed by atoms with Crippen LogP contribution in [0.4, 0.5) is 0 Å². The summed E-state index contributed by atoms with van der Waals surface area (Å²) in [6, 6.07) is 9.50. The van der Waals surface area contributed by atoms with E-state index in [0.29, 0.717) is 25.2 Å².